The molecule has 0 bridgehead atoms. The van der Waals surface area contributed by atoms with Gasteiger partial charge in [0.1, 0.15) is 5.75 Å². The molecule has 176 valence electrons. The van der Waals surface area contributed by atoms with Crippen LogP contribution in [-0.4, -0.2) is 51.3 Å². The van der Waals surface area contributed by atoms with Gasteiger partial charge in [0.15, 0.2) is 0 Å². The summed E-state index contributed by atoms with van der Waals surface area (Å²) in [7, 11) is -2.34. The number of sulfonamides is 1. The van der Waals surface area contributed by atoms with Crippen LogP contribution in [-0.2, 0) is 10.0 Å². The highest BCUT2D eigenvalue weighted by Gasteiger charge is 2.27. The van der Waals surface area contributed by atoms with Crippen molar-refractivity contribution in [3.63, 3.8) is 0 Å². The number of nitrogens with zero attached hydrogens (tertiary/aromatic N) is 1. The Morgan fingerprint density at radius 1 is 1.03 bits per heavy atom. The fourth-order valence-electron chi connectivity index (χ4n) is 3.70. The van der Waals surface area contributed by atoms with E-state index in [1.807, 2.05) is 0 Å². The summed E-state index contributed by atoms with van der Waals surface area (Å²) in [6.45, 7) is 4.78. The zero-order valence-electron chi connectivity index (χ0n) is 18.7. The van der Waals surface area contributed by atoms with Gasteiger partial charge in [0.05, 0.1) is 28.8 Å². The van der Waals surface area contributed by atoms with Gasteiger partial charge in [-0.2, -0.15) is 4.31 Å². The number of amides is 2. The molecule has 8 nitrogen and oxygen atoms in total. The van der Waals surface area contributed by atoms with Crippen molar-refractivity contribution in [3.8, 4) is 5.75 Å². The van der Waals surface area contributed by atoms with Gasteiger partial charge in [-0.3, -0.25) is 9.59 Å². The molecule has 3 rings (SSSR count). The zero-order chi connectivity index (χ0) is 23.8. The third-order valence-electron chi connectivity index (χ3n) is 5.45. The van der Waals surface area contributed by atoms with Crippen molar-refractivity contribution in [1.29, 1.82) is 0 Å². The highest BCUT2D eigenvalue weighted by Crippen LogP contribution is 2.27. The molecule has 0 spiro atoms. The molecule has 0 aromatic heterocycles. The number of methoxy groups -OCH3 is 1. The van der Waals surface area contributed by atoms with Gasteiger partial charge < -0.3 is 15.4 Å². The number of nitrogens with one attached hydrogen (secondary N) is 2. The van der Waals surface area contributed by atoms with Crippen LogP contribution in [0.4, 0.5) is 5.69 Å². The maximum atomic E-state index is 13.2. The highest BCUT2D eigenvalue weighted by atomic mass is 32.2. The SMILES string of the molecule is C=CCNC(=O)c1ccccc1NC(=O)c1cc(S(=O)(=O)N2CCCCCC2)ccc1OC. The minimum absolute atomic E-state index is 0.0346. The smallest absolute Gasteiger partial charge is 0.259 e. The Balaban J connectivity index is 1.91. The summed E-state index contributed by atoms with van der Waals surface area (Å²) < 4.78 is 33.2. The van der Waals surface area contributed by atoms with Crippen LogP contribution >= 0.6 is 0 Å². The Kier molecular flexibility index (Phi) is 8.24. The number of para-hydroxylation sites is 1. The van der Waals surface area contributed by atoms with Gasteiger partial charge >= 0.3 is 0 Å². The first-order chi connectivity index (χ1) is 15.9. The van der Waals surface area contributed by atoms with Crippen LogP contribution < -0.4 is 15.4 Å². The molecule has 1 aliphatic heterocycles. The first-order valence-electron chi connectivity index (χ1n) is 10.9. The van der Waals surface area contributed by atoms with Gasteiger partial charge in [0.25, 0.3) is 11.8 Å². The molecule has 33 heavy (non-hydrogen) atoms. The lowest BCUT2D eigenvalue weighted by Crippen LogP contribution is -2.32. The van der Waals surface area contributed by atoms with E-state index in [1.54, 1.807) is 30.3 Å². The van der Waals surface area contributed by atoms with Crippen LogP contribution in [0.3, 0.4) is 0 Å². The lowest BCUT2D eigenvalue weighted by atomic mass is 10.1. The molecular weight excluding hydrogens is 442 g/mol. The Hall–Kier alpha value is -3.17. The largest absolute Gasteiger partial charge is 0.496 e. The van der Waals surface area contributed by atoms with E-state index < -0.39 is 15.9 Å². The number of carbonyl (C=O) groups excluding carboxylic acids is 2. The normalized spacial score (nSPS) is 14.7. The molecule has 1 fully saturated rings. The molecule has 2 aromatic carbocycles. The summed E-state index contributed by atoms with van der Waals surface area (Å²) in [5, 5.41) is 5.39. The summed E-state index contributed by atoms with van der Waals surface area (Å²) in [6.07, 6.45) is 5.19. The maximum absolute atomic E-state index is 13.2. The van der Waals surface area contributed by atoms with Crippen molar-refractivity contribution < 1.29 is 22.7 Å². The predicted octanol–water partition coefficient (Wildman–Crippen LogP) is 3.43. The van der Waals surface area contributed by atoms with E-state index in [1.165, 1.54) is 29.6 Å². The van der Waals surface area contributed by atoms with Gasteiger partial charge in [-0.25, -0.2) is 8.42 Å². The maximum Gasteiger partial charge on any atom is 0.259 e. The summed E-state index contributed by atoms with van der Waals surface area (Å²) in [6, 6.07) is 10.8. The second-order valence-corrected chi connectivity index (χ2v) is 9.62. The summed E-state index contributed by atoms with van der Waals surface area (Å²) in [5.41, 5.74) is 0.640. The van der Waals surface area contributed by atoms with E-state index in [4.69, 9.17) is 4.74 Å². The fourth-order valence-corrected chi connectivity index (χ4v) is 5.24. The summed E-state index contributed by atoms with van der Waals surface area (Å²) in [5.74, 6) is -0.713. The number of benzene rings is 2. The highest BCUT2D eigenvalue weighted by molar-refractivity contribution is 7.89. The lowest BCUT2D eigenvalue weighted by Gasteiger charge is -2.21. The number of rotatable bonds is 8. The van der Waals surface area contributed by atoms with Gasteiger partial charge in [-0.05, 0) is 43.2 Å². The van der Waals surface area contributed by atoms with Crippen LogP contribution in [0.2, 0.25) is 0 Å². The van der Waals surface area contributed by atoms with Crippen LogP contribution in [0.25, 0.3) is 0 Å². The summed E-state index contributed by atoms with van der Waals surface area (Å²) in [4.78, 5) is 25.6. The molecule has 1 heterocycles. The quantitative estimate of drug-likeness (QED) is 0.574. The van der Waals surface area contributed by atoms with Crippen LogP contribution in [0.5, 0.6) is 5.75 Å². The molecule has 2 N–H and O–H groups in total. The predicted molar refractivity (Wildman–Crippen MR) is 127 cm³/mol. The standard InChI is InChI=1S/C24H29N3O5S/c1-3-14-25-23(28)19-10-6-7-11-21(19)26-24(29)20-17-18(12-13-22(20)32-2)33(30,31)27-15-8-4-5-9-16-27/h3,6-7,10-13,17H,1,4-5,8-9,14-16H2,2H3,(H,25,28)(H,26,29). The third-order valence-corrected chi connectivity index (χ3v) is 7.34. The Morgan fingerprint density at radius 2 is 1.73 bits per heavy atom. The molecule has 2 amide bonds. The molecule has 1 aliphatic rings. The number of ether oxygens (including phenoxy) is 1. The minimum atomic E-state index is -3.75. The average Bonchev–Trinajstić information content (AvgIpc) is 3.12. The molecule has 0 radical (unpaired) electrons. The molecule has 1 saturated heterocycles. The average molecular weight is 472 g/mol. The van der Waals surface area contributed by atoms with E-state index in [2.05, 4.69) is 17.2 Å². The van der Waals surface area contributed by atoms with Gasteiger partial charge in [0.2, 0.25) is 10.0 Å². The van der Waals surface area contributed by atoms with Crippen molar-refractivity contribution in [2.45, 2.75) is 30.6 Å². The van der Waals surface area contributed by atoms with E-state index in [9.17, 15) is 18.0 Å². The van der Waals surface area contributed by atoms with E-state index in [0.717, 1.165) is 25.7 Å². The molecular formula is C24H29N3O5S. The van der Waals surface area contributed by atoms with Gasteiger partial charge in [-0.15, -0.1) is 6.58 Å². The molecule has 0 atom stereocenters. The van der Waals surface area contributed by atoms with Crippen LogP contribution in [0.15, 0.2) is 60.0 Å². The van der Waals surface area contributed by atoms with Gasteiger partial charge in [-0.1, -0.05) is 31.1 Å². The van der Waals surface area contributed by atoms with Crippen molar-refractivity contribution in [2.75, 3.05) is 32.1 Å². The summed E-state index contributed by atoms with van der Waals surface area (Å²) >= 11 is 0. The van der Waals surface area contributed by atoms with Crippen LogP contribution in [0, 0.1) is 0 Å². The zero-order valence-corrected chi connectivity index (χ0v) is 19.5. The van der Waals surface area contributed by atoms with Crippen molar-refractivity contribution >= 4 is 27.5 Å². The van der Waals surface area contributed by atoms with Gasteiger partial charge in [0, 0.05) is 19.6 Å². The number of hydrogen-bond acceptors (Lipinski definition) is 5. The minimum Gasteiger partial charge on any atom is -0.496 e. The monoisotopic (exact) mass is 471 g/mol. The Morgan fingerprint density at radius 3 is 2.39 bits per heavy atom. The molecule has 2 aromatic rings. The van der Waals surface area contributed by atoms with E-state index in [-0.39, 0.29) is 34.2 Å². The van der Waals surface area contributed by atoms with Crippen molar-refractivity contribution in [1.82, 2.24) is 9.62 Å². The fraction of sp³-hybridized carbons (Fsp3) is 0.333. The Labute approximate surface area is 194 Å². The second-order valence-electron chi connectivity index (χ2n) is 7.68. The first-order valence-corrected chi connectivity index (χ1v) is 12.3. The molecule has 0 saturated carbocycles. The topological polar surface area (TPSA) is 105 Å². The van der Waals surface area contributed by atoms with Crippen molar-refractivity contribution in [2.24, 2.45) is 0 Å². The molecule has 0 unspecified atom stereocenters. The van der Waals surface area contributed by atoms with E-state index in [0.29, 0.717) is 18.8 Å². The van der Waals surface area contributed by atoms with E-state index >= 15 is 0 Å². The molecule has 9 heteroatoms. The van der Waals surface area contributed by atoms with Crippen LogP contribution in [0.1, 0.15) is 46.4 Å². The number of carbonyl (C=O) groups is 2. The lowest BCUT2D eigenvalue weighted by molar-refractivity contribution is 0.0959. The van der Waals surface area contributed by atoms with Crippen molar-refractivity contribution in [3.05, 3.63) is 66.2 Å². The Bertz CT molecular complexity index is 1120. The first kappa shape index (κ1) is 24.5. The number of hydrogen-bond donors (Lipinski definition) is 2. The number of anilines is 1. The third kappa shape index (κ3) is 5.80. The molecule has 0 aliphatic carbocycles. The second kappa shape index (κ2) is 11.1.